The van der Waals surface area contributed by atoms with Gasteiger partial charge in [0, 0.05) is 12.3 Å². The van der Waals surface area contributed by atoms with Crippen molar-refractivity contribution in [3.63, 3.8) is 0 Å². The molecule has 0 saturated heterocycles. The molecule has 2 rings (SSSR count). The molecule has 2 saturated carbocycles. The molecule has 87 valence electrons. The molecule has 0 amide bonds. The van der Waals surface area contributed by atoms with Crippen LogP contribution in [-0.4, -0.2) is 17.8 Å². The molecule has 0 spiro atoms. The Balaban J connectivity index is 1.90. The molecule has 2 aliphatic carbocycles. The zero-order valence-electron chi connectivity index (χ0n) is 7.84. The van der Waals surface area contributed by atoms with Crippen LogP contribution >= 0.6 is 0 Å². The highest BCUT2D eigenvalue weighted by molar-refractivity contribution is 5.21. The summed E-state index contributed by atoms with van der Waals surface area (Å²) >= 11 is 0. The highest BCUT2D eigenvalue weighted by atomic mass is 19.3. The third-order valence-corrected chi connectivity index (χ3v) is 3.18. The topological polar surface area (TPSA) is 0 Å². The predicted octanol–water partition coefficient (Wildman–Crippen LogP) is 3.53. The van der Waals surface area contributed by atoms with Gasteiger partial charge in [0.05, 0.1) is 5.92 Å². The van der Waals surface area contributed by atoms with Crippen LogP contribution in [-0.2, 0) is 0 Å². The quantitative estimate of drug-likeness (QED) is 0.652. The summed E-state index contributed by atoms with van der Waals surface area (Å²) in [5.74, 6) is -14.0. The summed E-state index contributed by atoms with van der Waals surface area (Å²) in [7, 11) is 0. The zero-order valence-corrected chi connectivity index (χ0v) is 7.84. The van der Waals surface area contributed by atoms with Crippen LogP contribution in [0, 0.1) is 17.8 Å². The second-order valence-electron chi connectivity index (χ2n) is 4.37. The van der Waals surface area contributed by atoms with Gasteiger partial charge in [-0.25, -0.2) is 8.78 Å². The fraction of sp³-hybridized carbons (Fsp3) is 0.889. The van der Waals surface area contributed by atoms with Gasteiger partial charge in [-0.15, -0.1) is 0 Å². The van der Waals surface area contributed by atoms with Crippen molar-refractivity contribution in [2.24, 2.45) is 11.8 Å². The van der Waals surface area contributed by atoms with E-state index in [-0.39, 0.29) is 5.92 Å². The first-order chi connectivity index (χ1) is 6.61. The van der Waals surface area contributed by atoms with Crippen molar-refractivity contribution in [3.05, 3.63) is 5.92 Å². The highest BCUT2D eigenvalue weighted by Crippen LogP contribution is 2.67. The van der Waals surface area contributed by atoms with E-state index in [0.717, 1.165) is 0 Å². The first-order valence-electron chi connectivity index (χ1n) is 4.56. The van der Waals surface area contributed by atoms with Crippen molar-refractivity contribution in [2.75, 3.05) is 0 Å². The fourth-order valence-electron chi connectivity index (χ4n) is 1.87. The Morgan fingerprint density at radius 3 is 1.73 bits per heavy atom. The molecule has 2 aliphatic rings. The molecule has 0 bridgehead atoms. The number of hydrogen-bond acceptors (Lipinski definition) is 0. The molecular formula is C9H9F6. The standard InChI is InChI=1S/C9H9F6/c1-4(5-3-7(5,10)11)2-6-8(12,13)9(6,14)15/h5-6H,2-3H2,1H3. The normalized spacial score (nSPS) is 35.6. The molecule has 15 heavy (non-hydrogen) atoms. The minimum Gasteiger partial charge on any atom is -0.207 e. The van der Waals surface area contributed by atoms with Crippen LogP contribution in [0.25, 0.3) is 0 Å². The van der Waals surface area contributed by atoms with E-state index in [1.807, 2.05) is 0 Å². The van der Waals surface area contributed by atoms with Gasteiger partial charge in [-0.05, 0) is 12.3 Å². The van der Waals surface area contributed by atoms with E-state index in [1.54, 1.807) is 0 Å². The lowest BCUT2D eigenvalue weighted by atomic mass is 9.98. The van der Waals surface area contributed by atoms with Gasteiger partial charge in [0.2, 0.25) is 0 Å². The predicted molar refractivity (Wildman–Crippen MR) is 40.0 cm³/mol. The van der Waals surface area contributed by atoms with E-state index in [1.165, 1.54) is 6.92 Å². The maximum absolute atomic E-state index is 12.5. The van der Waals surface area contributed by atoms with Gasteiger partial charge in [-0.2, -0.15) is 17.6 Å². The van der Waals surface area contributed by atoms with Gasteiger partial charge in [-0.3, -0.25) is 0 Å². The van der Waals surface area contributed by atoms with E-state index in [9.17, 15) is 26.3 Å². The first-order valence-corrected chi connectivity index (χ1v) is 4.56. The molecule has 0 aromatic heterocycles. The van der Waals surface area contributed by atoms with Crippen LogP contribution in [0.3, 0.4) is 0 Å². The first kappa shape index (κ1) is 11.1. The van der Waals surface area contributed by atoms with Crippen molar-refractivity contribution in [1.82, 2.24) is 0 Å². The van der Waals surface area contributed by atoms with E-state index < -0.39 is 42.4 Å². The monoisotopic (exact) mass is 231 g/mol. The molecule has 1 radical (unpaired) electrons. The van der Waals surface area contributed by atoms with Crippen LogP contribution in [0.5, 0.6) is 0 Å². The summed E-state index contributed by atoms with van der Waals surface area (Å²) in [6.45, 7) is 1.25. The molecule has 0 aromatic rings. The minimum atomic E-state index is -4.02. The number of alkyl halides is 6. The molecule has 0 N–H and O–H groups in total. The Kier molecular flexibility index (Phi) is 1.94. The van der Waals surface area contributed by atoms with Gasteiger partial charge >= 0.3 is 11.8 Å². The van der Waals surface area contributed by atoms with Crippen LogP contribution < -0.4 is 0 Å². The summed E-state index contributed by atoms with van der Waals surface area (Å²) < 4.78 is 74.9. The number of hydrogen-bond donors (Lipinski definition) is 0. The molecule has 6 heteroatoms. The lowest BCUT2D eigenvalue weighted by Crippen LogP contribution is -2.06. The van der Waals surface area contributed by atoms with Gasteiger partial charge in [0.15, 0.2) is 0 Å². The number of rotatable bonds is 3. The van der Waals surface area contributed by atoms with Crippen molar-refractivity contribution in [3.8, 4) is 0 Å². The smallest absolute Gasteiger partial charge is 0.207 e. The summed E-state index contributed by atoms with van der Waals surface area (Å²) in [6, 6.07) is 0. The molecule has 1 atom stereocenters. The SMILES string of the molecule is C[C](CC1C(F)(F)C1(F)F)C1CC1(F)F. The minimum absolute atomic E-state index is 0.0573. The lowest BCUT2D eigenvalue weighted by Gasteiger charge is -2.07. The molecule has 2 fully saturated rings. The highest BCUT2D eigenvalue weighted by Gasteiger charge is 2.85. The fourth-order valence-corrected chi connectivity index (χ4v) is 1.87. The Hall–Kier alpha value is -0.420. The summed E-state index contributed by atoms with van der Waals surface area (Å²) in [5.41, 5.74) is 0. The summed E-state index contributed by atoms with van der Waals surface area (Å²) in [5, 5.41) is 0. The van der Waals surface area contributed by atoms with Gasteiger partial charge in [0.25, 0.3) is 5.92 Å². The van der Waals surface area contributed by atoms with E-state index >= 15 is 0 Å². The molecule has 1 unspecified atom stereocenters. The van der Waals surface area contributed by atoms with Crippen LogP contribution in [0.1, 0.15) is 19.8 Å². The average molecular weight is 231 g/mol. The third-order valence-electron chi connectivity index (χ3n) is 3.18. The number of halogens is 6. The summed E-state index contributed by atoms with van der Waals surface area (Å²) in [6.07, 6.45) is -1.01. The van der Waals surface area contributed by atoms with Gasteiger partial charge in [0.1, 0.15) is 0 Å². The second kappa shape index (κ2) is 2.63. The molecular weight excluding hydrogens is 222 g/mol. The third kappa shape index (κ3) is 1.44. The molecule has 0 nitrogen and oxygen atoms in total. The zero-order chi connectivity index (χ0) is 11.6. The van der Waals surface area contributed by atoms with Gasteiger partial charge in [-0.1, -0.05) is 6.92 Å². The lowest BCUT2D eigenvalue weighted by molar-refractivity contribution is -0.0278. The van der Waals surface area contributed by atoms with Crippen molar-refractivity contribution < 1.29 is 26.3 Å². The van der Waals surface area contributed by atoms with E-state index in [0.29, 0.717) is 0 Å². The maximum atomic E-state index is 12.5. The Morgan fingerprint density at radius 1 is 1.07 bits per heavy atom. The van der Waals surface area contributed by atoms with Crippen molar-refractivity contribution in [1.29, 1.82) is 0 Å². The molecule has 0 aliphatic heterocycles. The summed E-state index contributed by atoms with van der Waals surface area (Å²) in [4.78, 5) is 0. The Labute approximate surface area is 82.6 Å². The molecule has 0 aromatic carbocycles. The van der Waals surface area contributed by atoms with Crippen LogP contribution in [0.2, 0.25) is 0 Å². The second-order valence-corrected chi connectivity index (χ2v) is 4.37. The van der Waals surface area contributed by atoms with E-state index in [4.69, 9.17) is 0 Å². The van der Waals surface area contributed by atoms with E-state index in [2.05, 4.69) is 0 Å². The van der Waals surface area contributed by atoms with Crippen molar-refractivity contribution >= 4 is 0 Å². The Bertz CT molecular complexity index is 270. The van der Waals surface area contributed by atoms with Gasteiger partial charge < -0.3 is 0 Å². The van der Waals surface area contributed by atoms with Crippen molar-refractivity contribution in [2.45, 2.75) is 37.5 Å². The van der Waals surface area contributed by atoms with Crippen LogP contribution in [0.4, 0.5) is 26.3 Å². The Morgan fingerprint density at radius 2 is 1.47 bits per heavy atom. The average Bonchev–Trinajstić information content (AvgIpc) is 2.79. The molecule has 0 heterocycles. The largest absolute Gasteiger partial charge is 0.319 e. The maximum Gasteiger partial charge on any atom is 0.319 e. The van der Waals surface area contributed by atoms with Crippen LogP contribution in [0.15, 0.2) is 0 Å².